The smallest absolute Gasteiger partial charge is 0.226 e. The molecule has 0 aliphatic rings. The lowest BCUT2D eigenvalue weighted by Gasteiger charge is -2.11. The van der Waals surface area contributed by atoms with Crippen LogP contribution in [0.5, 0.6) is 5.75 Å². The van der Waals surface area contributed by atoms with Crippen LogP contribution in [-0.4, -0.2) is 18.1 Å². The number of methoxy groups -OCH3 is 1. The lowest BCUT2D eigenvalue weighted by molar-refractivity contribution is -0.119. The van der Waals surface area contributed by atoms with E-state index in [-0.39, 0.29) is 11.0 Å². The van der Waals surface area contributed by atoms with Gasteiger partial charge < -0.3 is 15.4 Å². The highest BCUT2D eigenvalue weighted by Crippen LogP contribution is 2.27. The number of rotatable bonds is 7. The molecule has 1 rings (SSSR count). The third-order valence-corrected chi connectivity index (χ3v) is 3.42. The van der Waals surface area contributed by atoms with Gasteiger partial charge in [-0.2, -0.15) is 0 Å². The lowest BCUT2D eigenvalue weighted by Crippen LogP contribution is -2.33. The summed E-state index contributed by atoms with van der Waals surface area (Å²) in [5, 5.41) is 6.34. The summed E-state index contributed by atoms with van der Waals surface area (Å²) in [5.41, 5.74) is 0.706. The van der Waals surface area contributed by atoms with Crippen LogP contribution in [0, 0.1) is 0 Å². The molecule has 21 heavy (non-hydrogen) atoms. The fraction of sp³-hybridized carbons (Fsp3) is 0.467. The highest BCUT2D eigenvalue weighted by atomic mass is 35.5. The van der Waals surface area contributed by atoms with Crippen LogP contribution in [0.3, 0.4) is 0 Å². The zero-order chi connectivity index (χ0) is 15.7. The van der Waals surface area contributed by atoms with Gasteiger partial charge in [0.1, 0.15) is 5.75 Å². The Hall–Kier alpha value is -1.33. The number of carbonyl (C=O) groups excluding carboxylic acids is 1. The van der Waals surface area contributed by atoms with Gasteiger partial charge in [0.25, 0.3) is 0 Å². The molecule has 1 amide bonds. The Morgan fingerprint density at radius 2 is 2.10 bits per heavy atom. The predicted octanol–water partition coefficient (Wildman–Crippen LogP) is 4.13. The van der Waals surface area contributed by atoms with E-state index in [1.807, 2.05) is 0 Å². The highest BCUT2D eigenvalue weighted by molar-refractivity contribution is 7.80. The zero-order valence-corrected chi connectivity index (χ0v) is 13.9. The standard InChI is InChI=1S/C15H21ClN2O2S/c1-3-4-5-6-7-14(19)18-15(21)17-11-8-9-13(20-2)12(16)10-11/h8-10H,3-7H2,1-2H3,(H2,17,18,19,21). The van der Waals surface area contributed by atoms with E-state index in [2.05, 4.69) is 17.6 Å². The molecule has 0 bridgehead atoms. The molecule has 2 N–H and O–H groups in total. The van der Waals surface area contributed by atoms with Crippen molar-refractivity contribution < 1.29 is 9.53 Å². The summed E-state index contributed by atoms with van der Waals surface area (Å²) in [6.45, 7) is 2.14. The van der Waals surface area contributed by atoms with Gasteiger partial charge in [-0.15, -0.1) is 0 Å². The van der Waals surface area contributed by atoms with Gasteiger partial charge in [0.2, 0.25) is 5.91 Å². The van der Waals surface area contributed by atoms with Gasteiger partial charge in [-0.05, 0) is 36.8 Å². The maximum atomic E-state index is 11.7. The number of nitrogens with one attached hydrogen (secondary N) is 2. The molecule has 0 aliphatic carbocycles. The van der Waals surface area contributed by atoms with Crippen LogP contribution in [0.4, 0.5) is 5.69 Å². The number of hydrogen-bond donors (Lipinski definition) is 2. The van der Waals surface area contributed by atoms with Crippen molar-refractivity contribution >= 4 is 40.5 Å². The summed E-state index contributed by atoms with van der Waals surface area (Å²) in [5.74, 6) is 0.524. The first-order valence-corrected chi connectivity index (χ1v) is 7.79. The van der Waals surface area contributed by atoms with E-state index in [9.17, 15) is 4.79 Å². The van der Waals surface area contributed by atoms with Gasteiger partial charge in [0.15, 0.2) is 5.11 Å². The second-order valence-electron chi connectivity index (χ2n) is 4.66. The SMILES string of the molecule is CCCCCCC(=O)NC(=S)Nc1ccc(OC)c(Cl)c1. The molecule has 0 aromatic heterocycles. The number of ether oxygens (including phenoxy) is 1. The van der Waals surface area contributed by atoms with Gasteiger partial charge in [-0.25, -0.2) is 0 Å². The molecular formula is C15H21ClN2O2S. The zero-order valence-electron chi connectivity index (χ0n) is 12.4. The number of hydrogen-bond acceptors (Lipinski definition) is 3. The number of halogens is 1. The van der Waals surface area contributed by atoms with Crippen molar-refractivity contribution in [2.45, 2.75) is 39.0 Å². The monoisotopic (exact) mass is 328 g/mol. The molecule has 0 saturated heterocycles. The molecule has 0 aliphatic heterocycles. The third kappa shape index (κ3) is 6.78. The van der Waals surface area contributed by atoms with E-state index in [4.69, 9.17) is 28.6 Å². The Labute approximate surface area is 136 Å². The molecule has 1 aromatic carbocycles. The molecule has 0 unspecified atom stereocenters. The molecule has 0 heterocycles. The quantitative estimate of drug-likeness (QED) is 0.583. The molecular weight excluding hydrogens is 308 g/mol. The van der Waals surface area contributed by atoms with Crippen molar-refractivity contribution in [3.8, 4) is 5.75 Å². The maximum absolute atomic E-state index is 11.7. The molecule has 0 saturated carbocycles. The summed E-state index contributed by atoms with van der Waals surface area (Å²) in [6.07, 6.45) is 4.75. The van der Waals surface area contributed by atoms with E-state index in [1.165, 1.54) is 0 Å². The van der Waals surface area contributed by atoms with E-state index in [0.29, 0.717) is 22.9 Å². The van der Waals surface area contributed by atoms with Gasteiger partial charge >= 0.3 is 0 Å². The van der Waals surface area contributed by atoms with Crippen LogP contribution < -0.4 is 15.4 Å². The Kier molecular flexibility index (Phi) is 8.08. The van der Waals surface area contributed by atoms with Crippen LogP contribution >= 0.6 is 23.8 Å². The summed E-state index contributed by atoms with van der Waals surface area (Å²) in [6, 6.07) is 5.21. The number of anilines is 1. The molecule has 0 fully saturated rings. The molecule has 0 atom stereocenters. The second-order valence-corrected chi connectivity index (χ2v) is 5.48. The minimum absolute atomic E-state index is 0.0665. The largest absolute Gasteiger partial charge is 0.495 e. The summed E-state index contributed by atoms with van der Waals surface area (Å²) in [4.78, 5) is 11.7. The number of unbranched alkanes of at least 4 members (excludes halogenated alkanes) is 3. The minimum Gasteiger partial charge on any atom is -0.495 e. The fourth-order valence-electron chi connectivity index (χ4n) is 1.81. The predicted molar refractivity (Wildman–Crippen MR) is 91.1 cm³/mol. The van der Waals surface area contributed by atoms with E-state index >= 15 is 0 Å². The van der Waals surface area contributed by atoms with Crippen molar-refractivity contribution in [3.63, 3.8) is 0 Å². The van der Waals surface area contributed by atoms with E-state index < -0.39 is 0 Å². The average Bonchev–Trinajstić information content (AvgIpc) is 2.43. The average molecular weight is 329 g/mol. The topological polar surface area (TPSA) is 50.4 Å². The number of benzene rings is 1. The van der Waals surface area contributed by atoms with Crippen LogP contribution in [0.15, 0.2) is 18.2 Å². The number of carbonyl (C=O) groups is 1. The molecule has 6 heteroatoms. The highest BCUT2D eigenvalue weighted by Gasteiger charge is 2.06. The first-order chi connectivity index (χ1) is 10.1. The minimum atomic E-state index is -0.0665. The summed E-state index contributed by atoms with van der Waals surface area (Å²) >= 11 is 11.1. The van der Waals surface area contributed by atoms with Crippen LogP contribution in [-0.2, 0) is 4.79 Å². The normalized spacial score (nSPS) is 10.0. The van der Waals surface area contributed by atoms with Crippen molar-refractivity contribution in [2.75, 3.05) is 12.4 Å². The van der Waals surface area contributed by atoms with Crippen LogP contribution in [0.1, 0.15) is 39.0 Å². The van der Waals surface area contributed by atoms with Crippen LogP contribution in [0.2, 0.25) is 5.02 Å². The molecule has 0 spiro atoms. The first-order valence-electron chi connectivity index (χ1n) is 7.01. The Morgan fingerprint density at radius 3 is 2.71 bits per heavy atom. The van der Waals surface area contributed by atoms with Crippen molar-refractivity contribution in [2.24, 2.45) is 0 Å². The molecule has 0 radical (unpaired) electrons. The lowest BCUT2D eigenvalue weighted by atomic mass is 10.1. The Morgan fingerprint density at radius 1 is 1.33 bits per heavy atom. The van der Waals surface area contributed by atoms with Gasteiger partial charge in [0.05, 0.1) is 12.1 Å². The maximum Gasteiger partial charge on any atom is 0.226 e. The fourth-order valence-corrected chi connectivity index (χ4v) is 2.30. The van der Waals surface area contributed by atoms with Crippen molar-refractivity contribution in [1.29, 1.82) is 0 Å². The van der Waals surface area contributed by atoms with Crippen molar-refractivity contribution in [3.05, 3.63) is 23.2 Å². The second kappa shape index (κ2) is 9.58. The molecule has 1 aromatic rings. The Balaban J connectivity index is 2.39. The Bertz CT molecular complexity index is 495. The van der Waals surface area contributed by atoms with Gasteiger partial charge in [0, 0.05) is 12.1 Å². The number of amides is 1. The molecule has 4 nitrogen and oxygen atoms in total. The van der Waals surface area contributed by atoms with E-state index in [1.54, 1.807) is 25.3 Å². The molecule has 116 valence electrons. The number of thiocarbonyl (C=S) groups is 1. The summed E-state index contributed by atoms with van der Waals surface area (Å²) < 4.78 is 5.07. The van der Waals surface area contributed by atoms with Crippen LogP contribution in [0.25, 0.3) is 0 Å². The van der Waals surface area contributed by atoms with E-state index in [0.717, 1.165) is 25.7 Å². The third-order valence-electron chi connectivity index (χ3n) is 2.92. The first kappa shape index (κ1) is 17.7. The summed E-state index contributed by atoms with van der Waals surface area (Å²) in [7, 11) is 1.55. The van der Waals surface area contributed by atoms with Gasteiger partial charge in [-0.3, -0.25) is 4.79 Å². The van der Waals surface area contributed by atoms with Gasteiger partial charge in [-0.1, -0.05) is 37.8 Å². The van der Waals surface area contributed by atoms with Crippen molar-refractivity contribution in [1.82, 2.24) is 5.32 Å².